The zero-order valence-electron chi connectivity index (χ0n) is 14.3. The van der Waals surface area contributed by atoms with Crippen LogP contribution < -0.4 is 5.32 Å². The van der Waals surface area contributed by atoms with Crippen LogP contribution in [0.3, 0.4) is 0 Å². The van der Waals surface area contributed by atoms with Crippen LogP contribution in [0.4, 0.5) is 5.00 Å². The van der Waals surface area contributed by atoms with Crippen molar-refractivity contribution in [2.24, 2.45) is 0 Å². The first-order valence-corrected chi connectivity index (χ1v) is 9.07. The number of nitrogens with one attached hydrogen (secondary N) is 1. The number of hydrogen-bond acceptors (Lipinski definition) is 3. The van der Waals surface area contributed by atoms with Crippen LogP contribution in [0.1, 0.15) is 61.9 Å². The molecule has 0 radical (unpaired) electrons. The third kappa shape index (κ3) is 4.23. The first kappa shape index (κ1) is 18.2. The van der Waals surface area contributed by atoms with Gasteiger partial charge in [0.05, 0.1) is 0 Å². The molecule has 24 heavy (non-hydrogen) atoms. The second-order valence-electron chi connectivity index (χ2n) is 6.09. The summed E-state index contributed by atoms with van der Waals surface area (Å²) in [6, 6.07) is 7.91. The molecule has 2 N–H and O–H groups in total. The monoisotopic (exact) mass is 345 g/mol. The second-order valence-corrected chi connectivity index (χ2v) is 6.97. The standard InChI is InChI=1S/C19H23NO3S/c1-4-5-6-16(21)20-18-17(19(22)23)15(11-24-18)14-9-7-13(8-10-14)12(2)3/h7-12H,4-6H2,1-3H3,(H,20,21)(H,22,23). The minimum atomic E-state index is -1.02. The van der Waals surface area contributed by atoms with Gasteiger partial charge in [0.15, 0.2) is 0 Å². The fourth-order valence-corrected chi connectivity index (χ4v) is 3.43. The lowest BCUT2D eigenvalue weighted by atomic mass is 9.98. The van der Waals surface area contributed by atoms with E-state index < -0.39 is 5.97 Å². The number of benzene rings is 1. The van der Waals surface area contributed by atoms with E-state index in [0.717, 1.165) is 18.4 Å². The number of unbranched alkanes of at least 4 members (excludes halogenated alkanes) is 1. The Bertz CT molecular complexity index is 717. The molecule has 1 amide bonds. The minimum absolute atomic E-state index is 0.136. The average molecular weight is 345 g/mol. The summed E-state index contributed by atoms with van der Waals surface area (Å²) < 4.78 is 0. The van der Waals surface area contributed by atoms with E-state index in [-0.39, 0.29) is 11.5 Å². The summed E-state index contributed by atoms with van der Waals surface area (Å²) in [4.78, 5) is 23.6. The van der Waals surface area contributed by atoms with Gasteiger partial charge in [-0.25, -0.2) is 4.79 Å². The molecule has 0 saturated heterocycles. The Hall–Kier alpha value is -2.14. The first-order valence-electron chi connectivity index (χ1n) is 8.19. The van der Waals surface area contributed by atoms with Crippen molar-refractivity contribution in [3.63, 3.8) is 0 Å². The van der Waals surface area contributed by atoms with Gasteiger partial charge in [-0.3, -0.25) is 4.79 Å². The Kier molecular flexibility index (Phi) is 6.15. The maximum absolute atomic E-state index is 11.9. The number of thiophene rings is 1. The van der Waals surface area contributed by atoms with E-state index in [9.17, 15) is 14.7 Å². The largest absolute Gasteiger partial charge is 0.478 e. The molecule has 0 unspecified atom stereocenters. The number of hydrogen-bond donors (Lipinski definition) is 2. The molecule has 1 aromatic heterocycles. The van der Waals surface area contributed by atoms with Gasteiger partial charge in [0, 0.05) is 17.4 Å². The van der Waals surface area contributed by atoms with Crippen molar-refractivity contribution in [1.82, 2.24) is 0 Å². The highest BCUT2D eigenvalue weighted by atomic mass is 32.1. The number of carboxylic acids is 1. The fourth-order valence-electron chi connectivity index (χ4n) is 2.45. The average Bonchev–Trinajstić information content (AvgIpc) is 2.96. The van der Waals surface area contributed by atoms with E-state index in [1.807, 2.05) is 31.2 Å². The SMILES string of the molecule is CCCCC(=O)Nc1scc(-c2ccc(C(C)C)cc2)c1C(=O)O. The van der Waals surface area contributed by atoms with Crippen LogP contribution in [0.25, 0.3) is 11.1 Å². The van der Waals surface area contributed by atoms with Crippen molar-refractivity contribution < 1.29 is 14.7 Å². The Morgan fingerprint density at radius 2 is 1.88 bits per heavy atom. The Balaban J connectivity index is 2.31. The smallest absolute Gasteiger partial charge is 0.339 e. The molecule has 0 saturated carbocycles. The number of carboxylic acid groups (broad SMARTS) is 1. The van der Waals surface area contributed by atoms with E-state index >= 15 is 0 Å². The van der Waals surface area contributed by atoms with Gasteiger partial charge >= 0.3 is 5.97 Å². The molecule has 1 aromatic carbocycles. The van der Waals surface area contributed by atoms with E-state index in [4.69, 9.17) is 0 Å². The van der Waals surface area contributed by atoms with Crippen molar-refractivity contribution >= 4 is 28.2 Å². The molecule has 0 fully saturated rings. The van der Waals surface area contributed by atoms with Crippen LogP contribution in [-0.2, 0) is 4.79 Å². The lowest BCUT2D eigenvalue weighted by Crippen LogP contribution is -2.12. The highest BCUT2D eigenvalue weighted by Crippen LogP contribution is 2.36. The van der Waals surface area contributed by atoms with Crippen LogP contribution in [0.15, 0.2) is 29.6 Å². The number of aromatic carboxylic acids is 1. The third-order valence-corrected chi connectivity index (χ3v) is 4.80. The summed E-state index contributed by atoms with van der Waals surface area (Å²) >= 11 is 1.26. The van der Waals surface area contributed by atoms with Crippen molar-refractivity contribution in [3.05, 3.63) is 40.8 Å². The van der Waals surface area contributed by atoms with Gasteiger partial charge in [-0.05, 0) is 23.5 Å². The van der Waals surface area contributed by atoms with Gasteiger partial charge in [0.1, 0.15) is 10.6 Å². The van der Waals surface area contributed by atoms with Gasteiger partial charge in [0.2, 0.25) is 5.91 Å². The molecular weight excluding hydrogens is 322 g/mol. The summed E-state index contributed by atoms with van der Waals surface area (Å²) in [5.74, 6) is -0.734. The number of amides is 1. The maximum Gasteiger partial charge on any atom is 0.339 e. The third-order valence-electron chi connectivity index (χ3n) is 3.90. The summed E-state index contributed by atoms with van der Waals surface area (Å²) in [7, 11) is 0. The molecular formula is C19H23NO3S. The highest BCUT2D eigenvalue weighted by molar-refractivity contribution is 7.15. The molecule has 2 rings (SSSR count). The molecule has 4 nitrogen and oxygen atoms in total. The number of anilines is 1. The predicted molar refractivity (Wildman–Crippen MR) is 99.0 cm³/mol. The zero-order valence-corrected chi connectivity index (χ0v) is 15.1. The van der Waals surface area contributed by atoms with E-state index in [0.29, 0.717) is 22.9 Å². The summed E-state index contributed by atoms with van der Waals surface area (Å²) in [6.45, 7) is 6.25. The summed E-state index contributed by atoms with van der Waals surface area (Å²) in [5.41, 5.74) is 2.87. The van der Waals surface area contributed by atoms with Crippen molar-refractivity contribution in [2.75, 3.05) is 5.32 Å². The Labute approximate surface area is 146 Å². The lowest BCUT2D eigenvalue weighted by molar-refractivity contribution is -0.116. The number of rotatable bonds is 7. The molecule has 5 heteroatoms. The van der Waals surface area contributed by atoms with Gasteiger partial charge in [-0.15, -0.1) is 11.3 Å². The van der Waals surface area contributed by atoms with Crippen LogP contribution >= 0.6 is 11.3 Å². The minimum Gasteiger partial charge on any atom is -0.478 e. The number of carbonyl (C=O) groups is 2. The number of carbonyl (C=O) groups excluding carboxylic acids is 1. The van der Waals surface area contributed by atoms with Crippen LogP contribution in [0, 0.1) is 0 Å². The highest BCUT2D eigenvalue weighted by Gasteiger charge is 2.21. The zero-order chi connectivity index (χ0) is 17.7. The quantitative estimate of drug-likeness (QED) is 0.709. The first-order chi connectivity index (χ1) is 11.4. The van der Waals surface area contributed by atoms with Crippen LogP contribution in [0.2, 0.25) is 0 Å². The van der Waals surface area contributed by atoms with Gasteiger partial charge in [0.25, 0.3) is 0 Å². The van der Waals surface area contributed by atoms with Gasteiger partial charge in [-0.1, -0.05) is 51.5 Å². The van der Waals surface area contributed by atoms with Gasteiger partial charge < -0.3 is 10.4 Å². The van der Waals surface area contributed by atoms with E-state index in [2.05, 4.69) is 19.2 Å². The Morgan fingerprint density at radius 1 is 1.21 bits per heavy atom. The topological polar surface area (TPSA) is 66.4 Å². The predicted octanol–water partition coefficient (Wildman–Crippen LogP) is 5.37. The summed E-state index contributed by atoms with van der Waals surface area (Å²) in [5, 5.41) is 14.5. The summed E-state index contributed by atoms with van der Waals surface area (Å²) in [6.07, 6.45) is 2.13. The van der Waals surface area contributed by atoms with Gasteiger partial charge in [-0.2, -0.15) is 0 Å². The normalized spacial score (nSPS) is 10.8. The molecule has 0 bridgehead atoms. The molecule has 0 aliphatic heterocycles. The molecule has 128 valence electrons. The van der Waals surface area contributed by atoms with E-state index in [1.165, 1.54) is 16.9 Å². The molecule has 0 aliphatic carbocycles. The van der Waals surface area contributed by atoms with Crippen LogP contribution in [-0.4, -0.2) is 17.0 Å². The van der Waals surface area contributed by atoms with Crippen molar-refractivity contribution in [1.29, 1.82) is 0 Å². The Morgan fingerprint density at radius 3 is 2.42 bits per heavy atom. The van der Waals surface area contributed by atoms with Crippen molar-refractivity contribution in [3.8, 4) is 11.1 Å². The second kappa shape index (κ2) is 8.11. The molecule has 0 atom stereocenters. The fraction of sp³-hybridized carbons (Fsp3) is 0.368. The molecule has 0 spiro atoms. The molecule has 1 heterocycles. The molecule has 2 aromatic rings. The molecule has 0 aliphatic rings. The maximum atomic E-state index is 11.9. The lowest BCUT2D eigenvalue weighted by Gasteiger charge is -2.08. The van der Waals surface area contributed by atoms with E-state index in [1.54, 1.807) is 5.38 Å². The van der Waals surface area contributed by atoms with Crippen LogP contribution in [0.5, 0.6) is 0 Å². The van der Waals surface area contributed by atoms with Crippen molar-refractivity contribution in [2.45, 2.75) is 46.0 Å².